The van der Waals surface area contributed by atoms with Gasteiger partial charge in [-0.3, -0.25) is 19.7 Å². The smallest absolute Gasteiger partial charge is 0.325 e. The van der Waals surface area contributed by atoms with Crippen molar-refractivity contribution < 1.29 is 29.0 Å². The van der Waals surface area contributed by atoms with Crippen molar-refractivity contribution in [3.63, 3.8) is 0 Å². The van der Waals surface area contributed by atoms with E-state index in [9.17, 15) is 19.5 Å². The number of nitrogens with one attached hydrogen (secondary N) is 1. The van der Waals surface area contributed by atoms with Crippen LogP contribution in [-0.4, -0.2) is 35.5 Å². The number of fused-ring (bicyclic) bond motifs is 1. The van der Waals surface area contributed by atoms with Crippen molar-refractivity contribution in [1.29, 1.82) is 0 Å². The Morgan fingerprint density at radius 1 is 1.02 bits per heavy atom. The van der Waals surface area contributed by atoms with Crippen LogP contribution in [0.2, 0.25) is 0 Å². The Morgan fingerprint density at radius 2 is 1.73 bits per heavy atom. The highest BCUT2D eigenvalue weighted by Gasteiger charge is 2.70. The Bertz CT molecular complexity index is 1440. The summed E-state index contributed by atoms with van der Waals surface area (Å²) >= 11 is 0. The molecule has 8 nitrogen and oxygen atoms in total. The van der Waals surface area contributed by atoms with Gasteiger partial charge in [0.15, 0.2) is 11.5 Å². The van der Waals surface area contributed by atoms with E-state index in [2.05, 4.69) is 5.32 Å². The van der Waals surface area contributed by atoms with Crippen LogP contribution in [0.3, 0.4) is 0 Å². The van der Waals surface area contributed by atoms with Gasteiger partial charge in [-0.05, 0) is 36.1 Å². The summed E-state index contributed by atoms with van der Waals surface area (Å²) in [5.74, 6) is -3.73. The van der Waals surface area contributed by atoms with Crippen LogP contribution in [-0.2, 0) is 21.0 Å². The zero-order chi connectivity index (χ0) is 28.6. The largest absolute Gasteiger partial charge is 0.493 e. The molecule has 8 heteroatoms. The number of aryl methyl sites for hydroxylation is 1. The number of para-hydroxylation sites is 2. The number of benzene rings is 3. The molecule has 2 saturated heterocycles. The first-order valence-electron chi connectivity index (χ1n) is 13.5. The predicted octanol–water partition coefficient (Wildman–Crippen LogP) is 4.90. The summed E-state index contributed by atoms with van der Waals surface area (Å²) in [6, 6.07) is 21.3. The van der Waals surface area contributed by atoms with E-state index < -0.39 is 47.1 Å². The van der Waals surface area contributed by atoms with Crippen molar-refractivity contribution in [2.24, 2.45) is 17.8 Å². The van der Waals surface area contributed by atoms with E-state index in [1.807, 2.05) is 63.2 Å². The second-order valence-electron chi connectivity index (χ2n) is 10.6. The molecule has 5 atom stereocenters. The standard InChI is InChI=1S/C32H34N2O6/c1-5-20(3)32(31(37)38)26-25(29(35)34(30(26)36)23-16-10-9-12-19(23)2)27(33-32)22-15-11-17-24(39-4)28(22)40-18-21-13-7-6-8-14-21/h6-17,20,25-27,33H,5,18H2,1-4H3,(H,37,38). The molecule has 2 N–H and O–H groups in total. The van der Waals surface area contributed by atoms with Crippen LogP contribution in [0.25, 0.3) is 0 Å². The molecule has 5 unspecified atom stereocenters. The minimum atomic E-state index is -1.66. The Morgan fingerprint density at radius 3 is 2.38 bits per heavy atom. The number of nitrogens with zero attached hydrogens (tertiary/aromatic N) is 1. The number of aliphatic carboxylic acids is 1. The number of carboxylic acids is 1. The van der Waals surface area contributed by atoms with E-state index in [-0.39, 0.29) is 6.61 Å². The summed E-state index contributed by atoms with van der Waals surface area (Å²) in [6.07, 6.45) is 0.497. The average Bonchev–Trinajstić information content (AvgIpc) is 3.46. The third kappa shape index (κ3) is 4.23. The van der Waals surface area contributed by atoms with E-state index in [0.717, 1.165) is 11.1 Å². The van der Waals surface area contributed by atoms with Crippen molar-refractivity contribution in [2.75, 3.05) is 12.0 Å². The SMILES string of the molecule is CCC(C)C1(C(=O)O)NC(c2cccc(OC)c2OCc2ccccc2)C2C(=O)N(c3ccccc3C)C(=O)C21. The van der Waals surface area contributed by atoms with Crippen LogP contribution < -0.4 is 19.7 Å². The quantitative estimate of drug-likeness (QED) is 0.371. The Kier molecular flexibility index (Phi) is 7.38. The fourth-order valence-corrected chi connectivity index (χ4v) is 6.26. The van der Waals surface area contributed by atoms with Crippen LogP contribution in [0.5, 0.6) is 11.5 Å². The van der Waals surface area contributed by atoms with Crippen molar-refractivity contribution in [3.8, 4) is 11.5 Å². The van der Waals surface area contributed by atoms with Crippen LogP contribution >= 0.6 is 0 Å². The number of imide groups is 1. The molecule has 0 spiro atoms. The molecule has 0 bridgehead atoms. The summed E-state index contributed by atoms with van der Waals surface area (Å²) < 4.78 is 11.9. The summed E-state index contributed by atoms with van der Waals surface area (Å²) in [4.78, 5) is 42.6. The van der Waals surface area contributed by atoms with Crippen LogP contribution in [0.1, 0.15) is 43.0 Å². The average molecular weight is 543 g/mol. The number of hydrogen-bond acceptors (Lipinski definition) is 6. The number of rotatable bonds is 9. The normalized spacial score (nSPS) is 24.6. The fraction of sp³-hybridized carbons (Fsp3) is 0.344. The maximum atomic E-state index is 14.2. The van der Waals surface area contributed by atoms with Crippen molar-refractivity contribution in [1.82, 2.24) is 5.32 Å². The molecular weight excluding hydrogens is 508 g/mol. The first-order chi connectivity index (χ1) is 19.3. The lowest BCUT2D eigenvalue weighted by Gasteiger charge is -2.36. The first kappa shape index (κ1) is 27.4. The number of methoxy groups -OCH3 is 1. The molecule has 5 rings (SSSR count). The Hall–Kier alpha value is -4.17. The number of hydrogen-bond donors (Lipinski definition) is 2. The molecule has 0 radical (unpaired) electrons. The van der Waals surface area contributed by atoms with E-state index in [0.29, 0.717) is 29.2 Å². The molecule has 2 amide bonds. The van der Waals surface area contributed by atoms with Gasteiger partial charge < -0.3 is 14.6 Å². The van der Waals surface area contributed by atoms with E-state index >= 15 is 0 Å². The van der Waals surface area contributed by atoms with Gasteiger partial charge in [0.05, 0.1) is 24.6 Å². The van der Waals surface area contributed by atoms with Crippen molar-refractivity contribution in [2.45, 2.75) is 45.4 Å². The predicted molar refractivity (Wildman–Crippen MR) is 150 cm³/mol. The molecule has 208 valence electrons. The summed E-state index contributed by atoms with van der Waals surface area (Å²) in [5, 5.41) is 14.0. The summed E-state index contributed by atoms with van der Waals surface area (Å²) in [5.41, 5.74) is 1.08. The maximum Gasteiger partial charge on any atom is 0.325 e. The molecule has 0 saturated carbocycles. The van der Waals surface area contributed by atoms with Gasteiger partial charge in [-0.1, -0.05) is 80.9 Å². The van der Waals surface area contributed by atoms with E-state index in [4.69, 9.17) is 9.47 Å². The lowest BCUT2D eigenvalue weighted by Crippen LogP contribution is -2.59. The lowest BCUT2D eigenvalue weighted by atomic mass is 9.72. The van der Waals surface area contributed by atoms with Crippen LogP contribution in [0.15, 0.2) is 72.8 Å². The van der Waals surface area contributed by atoms with Gasteiger partial charge in [-0.2, -0.15) is 0 Å². The molecule has 40 heavy (non-hydrogen) atoms. The summed E-state index contributed by atoms with van der Waals surface area (Å²) in [7, 11) is 1.53. The summed E-state index contributed by atoms with van der Waals surface area (Å²) in [6.45, 7) is 5.77. The third-order valence-electron chi connectivity index (χ3n) is 8.49. The Labute approximate surface area is 233 Å². The van der Waals surface area contributed by atoms with Crippen molar-refractivity contribution in [3.05, 3.63) is 89.5 Å². The molecule has 2 heterocycles. The molecule has 2 aliphatic heterocycles. The zero-order valence-electron chi connectivity index (χ0n) is 23.1. The van der Waals surface area contributed by atoms with Gasteiger partial charge in [0.1, 0.15) is 12.1 Å². The van der Waals surface area contributed by atoms with Gasteiger partial charge in [0.2, 0.25) is 11.8 Å². The minimum absolute atomic E-state index is 0.243. The molecule has 0 aliphatic carbocycles. The van der Waals surface area contributed by atoms with Gasteiger partial charge in [-0.25, -0.2) is 4.90 Å². The number of amides is 2. The fourth-order valence-electron chi connectivity index (χ4n) is 6.26. The van der Waals surface area contributed by atoms with Crippen LogP contribution in [0, 0.1) is 24.7 Å². The number of anilines is 1. The highest BCUT2D eigenvalue weighted by Crippen LogP contribution is 2.55. The molecule has 2 aliphatic rings. The second-order valence-corrected chi connectivity index (χ2v) is 10.6. The van der Waals surface area contributed by atoms with Gasteiger partial charge in [0, 0.05) is 11.6 Å². The van der Waals surface area contributed by atoms with E-state index in [1.54, 1.807) is 30.3 Å². The monoisotopic (exact) mass is 542 g/mol. The maximum absolute atomic E-state index is 14.2. The second kappa shape index (κ2) is 10.8. The molecular formula is C32H34N2O6. The van der Waals surface area contributed by atoms with Gasteiger partial charge in [0.25, 0.3) is 0 Å². The van der Waals surface area contributed by atoms with E-state index in [1.165, 1.54) is 12.0 Å². The minimum Gasteiger partial charge on any atom is -0.493 e. The lowest BCUT2D eigenvalue weighted by molar-refractivity contribution is -0.151. The molecule has 2 fully saturated rings. The Balaban J connectivity index is 1.66. The van der Waals surface area contributed by atoms with Crippen LogP contribution in [0.4, 0.5) is 5.69 Å². The van der Waals surface area contributed by atoms with Gasteiger partial charge in [-0.15, -0.1) is 0 Å². The molecule has 3 aromatic carbocycles. The zero-order valence-corrected chi connectivity index (χ0v) is 23.1. The first-order valence-corrected chi connectivity index (χ1v) is 13.5. The van der Waals surface area contributed by atoms with Crippen molar-refractivity contribution >= 4 is 23.5 Å². The van der Waals surface area contributed by atoms with Gasteiger partial charge >= 0.3 is 5.97 Å². The number of carbonyl (C=O) groups is 3. The number of carboxylic acid groups (broad SMARTS) is 1. The highest BCUT2D eigenvalue weighted by molar-refractivity contribution is 6.24. The topological polar surface area (TPSA) is 105 Å². The molecule has 0 aromatic heterocycles. The number of ether oxygens (including phenoxy) is 2. The third-order valence-corrected chi connectivity index (χ3v) is 8.49. The molecule has 3 aromatic rings. The highest BCUT2D eigenvalue weighted by atomic mass is 16.5. The number of carbonyl (C=O) groups excluding carboxylic acids is 2.